The Bertz CT molecular complexity index is 495. The number of nitrogens with one attached hydrogen (secondary N) is 1. The Labute approximate surface area is 124 Å². The van der Waals surface area contributed by atoms with Gasteiger partial charge in [-0.2, -0.15) is 0 Å². The lowest BCUT2D eigenvalue weighted by atomic mass is 10.2. The van der Waals surface area contributed by atoms with E-state index in [9.17, 15) is 10.1 Å². The van der Waals surface area contributed by atoms with E-state index in [2.05, 4.69) is 17.1 Å². The van der Waals surface area contributed by atoms with Crippen LogP contribution in [0, 0.1) is 10.1 Å². The maximum atomic E-state index is 11.1. The van der Waals surface area contributed by atoms with Crippen LogP contribution in [0.25, 0.3) is 0 Å². The summed E-state index contributed by atoms with van der Waals surface area (Å²) in [5.41, 5.74) is -0.0669. The van der Waals surface area contributed by atoms with Crippen LogP contribution in [0.5, 0.6) is 11.5 Å². The van der Waals surface area contributed by atoms with E-state index >= 15 is 0 Å². The van der Waals surface area contributed by atoms with Gasteiger partial charge in [0.25, 0.3) is 0 Å². The second kappa shape index (κ2) is 7.24. The molecular formula is C14H21N3O4. The molecule has 0 saturated carbocycles. The molecular weight excluding hydrogens is 274 g/mol. The van der Waals surface area contributed by atoms with Crippen molar-refractivity contribution in [1.29, 1.82) is 0 Å². The predicted octanol–water partition coefficient (Wildman–Crippen LogP) is 1.28. The average molecular weight is 295 g/mol. The molecule has 1 aromatic carbocycles. The van der Waals surface area contributed by atoms with Gasteiger partial charge in [-0.3, -0.25) is 15.0 Å². The van der Waals surface area contributed by atoms with Crippen LogP contribution in [0.4, 0.5) is 5.69 Å². The zero-order chi connectivity index (χ0) is 15.2. The van der Waals surface area contributed by atoms with Crippen LogP contribution in [0.1, 0.15) is 6.92 Å². The van der Waals surface area contributed by atoms with Gasteiger partial charge in [-0.25, -0.2) is 0 Å². The van der Waals surface area contributed by atoms with Gasteiger partial charge >= 0.3 is 5.69 Å². The molecule has 1 fully saturated rings. The van der Waals surface area contributed by atoms with E-state index in [1.165, 1.54) is 13.2 Å². The summed E-state index contributed by atoms with van der Waals surface area (Å²) in [7, 11) is 1.48. The Balaban J connectivity index is 1.94. The quantitative estimate of drug-likeness (QED) is 0.629. The van der Waals surface area contributed by atoms with Crippen LogP contribution >= 0.6 is 0 Å². The van der Waals surface area contributed by atoms with Crippen LogP contribution in [0.3, 0.4) is 0 Å². The van der Waals surface area contributed by atoms with Crippen molar-refractivity contribution in [3.63, 3.8) is 0 Å². The molecule has 1 aromatic rings. The Morgan fingerprint density at radius 3 is 3.00 bits per heavy atom. The summed E-state index contributed by atoms with van der Waals surface area (Å²) in [5.74, 6) is 0.730. The van der Waals surface area contributed by atoms with Crippen LogP contribution in [0.2, 0.25) is 0 Å². The number of nitrogens with zero attached hydrogens (tertiary/aromatic N) is 2. The Hall–Kier alpha value is -1.86. The van der Waals surface area contributed by atoms with Gasteiger partial charge in [0.15, 0.2) is 5.75 Å². The first-order valence-electron chi connectivity index (χ1n) is 7.02. The summed E-state index contributed by atoms with van der Waals surface area (Å²) in [6.07, 6.45) is 0. The molecule has 0 aromatic heterocycles. The second-order valence-electron chi connectivity index (χ2n) is 5.03. The molecule has 0 spiro atoms. The Morgan fingerprint density at radius 1 is 1.52 bits per heavy atom. The summed E-state index contributed by atoms with van der Waals surface area (Å²) in [6, 6.07) is 5.07. The van der Waals surface area contributed by atoms with E-state index in [-0.39, 0.29) is 11.4 Å². The number of methoxy groups -OCH3 is 1. The summed E-state index contributed by atoms with van der Waals surface area (Å²) in [6.45, 7) is 6.23. The summed E-state index contributed by atoms with van der Waals surface area (Å²) in [4.78, 5) is 12.9. The van der Waals surface area contributed by atoms with E-state index in [1.54, 1.807) is 12.1 Å². The average Bonchev–Trinajstić information content (AvgIpc) is 2.49. The van der Waals surface area contributed by atoms with Gasteiger partial charge in [-0.1, -0.05) is 0 Å². The molecule has 1 atom stereocenters. The first kappa shape index (κ1) is 15.5. The van der Waals surface area contributed by atoms with Crippen LogP contribution in [0.15, 0.2) is 18.2 Å². The minimum absolute atomic E-state index is 0.0669. The second-order valence-corrected chi connectivity index (χ2v) is 5.03. The van der Waals surface area contributed by atoms with Crippen molar-refractivity contribution in [2.75, 3.05) is 39.9 Å². The SMILES string of the molecule is COc1ccc(OCCN2CCNC[C@@H]2C)c([N+](=O)[O-])c1. The number of rotatable bonds is 6. The van der Waals surface area contributed by atoms with Crippen molar-refractivity contribution in [3.05, 3.63) is 28.3 Å². The maximum Gasteiger partial charge on any atom is 0.314 e. The van der Waals surface area contributed by atoms with Crippen molar-refractivity contribution in [2.45, 2.75) is 13.0 Å². The van der Waals surface area contributed by atoms with Crippen LogP contribution in [-0.2, 0) is 0 Å². The molecule has 0 radical (unpaired) electrons. The molecule has 2 rings (SSSR count). The summed E-state index contributed by atoms with van der Waals surface area (Å²) >= 11 is 0. The van der Waals surface area contributed by atoms with Gasteiger partial charge in [0.2, 0.25) is 0 Å². The fraction of sp³-hybridized carbons (Fsp3) is 0.571. The molecule has 0 unspecified atom stereocenters. The van der Waals surface area contributed by atoms with Crippen molar-refractivity contribution in [1.82, 2.24) is 10.2 Å². The molecule has 1 aliphatic heterocycles. The minimum atomic E-state index is -0.453. The van der Waals surface area contributed by atoms with Crippen LogP contribution < -0.4 is 14.8 Å². The molecule has 0 bridgehead atoms. The molecule has 1 saturated heterocycles. The molecule has 116 valence electrons. The van der Waals surface area contributed by atoms with Gasteiger partial charge in [0.1, 0.15) is 12.4 Å². The lowest BCUT2D eigenvalue weighted by Crippen LogP contribution is -2.50. The molecule has 7 nitrogen and oxygen atoms in total. The standard InChI is InChI=1S/C14H21N3O4/c1-11-10-15-5-6-16(11)7-8-21-14-4-3-12(20-2)9-13(14)17(18)19/h3-4,9,11,15H,5-8,10H2,1-2H3/t11-/m0/s1. The van der Waals surface area contributed by atoms with Crippen molar-refractivity contribution < 1.29 is 14.4 Å². The highest BCUT2D eigenvalue weighted by Gasteiger charge is 2.19. The largest absolute Gasteiger partial charge is 0.496 e. The number of nitro groups is 1. The Morgan fingerprint density at radius 2 is 2.33 bits per heavy atom. The van der Waals surface area contributed by atoms with Gasteiger partial charge in [0, 0.05) is 32.2 Å². The van der Waals surface area contributed by atoms with E-state index in [1.807, 2.05) is 0 Å². The van der Waals surface area contributed by atoms with Gasteiger partial charge in [-0.15, -0.1) is 0 Å². The third-order valence-electron chi connectivity index (χ3n) is 3.64. The number of piperazine rings is 1. The molecule has 21 heavy (non-hydrogen) atoms. The molecule has 0 amide bonds. The number of benzene rings is 1. The zero-order valence-electron chi connectivity index (χ0n) is 12.4. The van der Waals surface area contributed by atoms with Gasteiger partial charge in [-0.05, 0) is 19.1 Å². The molecule has 1 aliphatic rings. The highest BCUT2D eigenvalue weighted by molar-refractivity contribution is 5.50. The van der Waals surface area contributed by atoms with E-state index in [4.69, 9.17) is 9.47 Å². The fourth-order valence-corrected chi connectivity index (χ4v) is 2.38. The minimum Gasteiger partial charge on any atom is -0.496 e. The van der Waals surface area contributed by atoms with Gasteiger partial charge in [0.05, 0.1) is 18.1 Å². The van der Waals surface area contributed by atoms with Crippen LogP contribution in [-0.4, -0.2) is 55.8 Å². The normalized spacial score (nSPS) is 19.2. The number of ether oxygens (including phenoxy) is 2. The fourth-order valence-electron chi connectivity index (χ4n) is 2.38. The summed E-state index contributed by atoms with van der Waals surface area (Å²) in [5, 5.41) is 14.4. The van der Waals surface area contributed by atoms with E-state index in [0.29, 0.717) is 18.4 Å². The predicted molar refractivity (Wildman–Crippen MR) is 79.0 cm³/mol. The van der Waals surface area contributed by atoms with E-state index < -0.39 is 4.92 Å². The Kier molecular flexibility index (Phi) is 5.35. The number of nitro benzene ring substituents is 1. The molecule has 7 heteroatoms. The first-order valence-corrected chi connectivity index (χ1v) is 7.02. The highest BCUT2D eigenvalue weighted by Crippen LogP contribution is 2.30. The highest BCUT2D eigenvalue weighted by atomic mass is 16.6. The number of hydrogen-bond acceptors (Lipinski definition) is 6. The van der Waals surface area contributed by atoms with E-state index in [0.717, 1.165) is 26.2 Å². The third-order valence-corrected chi connectivity index (χ3v) is 3.64. The van der Waals surface area contributed by atoms with Crippen molar-refractivity contribution in [3.8, 4) is 11.5 Å². The lowest BCUT2D eigenvalue weighted by molar-refractivity contribution is -0.385. The van der Waals surface area contributed by atoms with Crippen molar-refractivity contribution in [2.24, 2.45) is 0 Å². The summed E-state index contributed by atoms with van der Waals surface area (Å²) < 4.78 is 10.6. The third kappa shape index (κ3) is 4.05. The molecule has 1 heterocycles. The monoisotopic (exact) mass is 295 g/mol. The molecule has 1 N–H and O–H groups in total. The topological polar surface area (TPSA) is 76.9 Å². The zero-order valence-corrected chi connectivity index (χ0v) is 12.4. The lowest BCUT2D eigenvalue weighted by Gasteiger charge is -2.33. The smallest absolute Gasteiger partial charge is 0.314 e. The maximum absolute atomic E-state index is 11.1. The van der Waals surface area contributed by atoms with Crippen molar-refractivity contribution >= 4 is 5.69 Å². The number of hydrogen-bond donors (Lipinski definition) is 1. The van der Waals surface area contributed by atoms with Gasteiger partial charge < -0.3 is 14.8 Å². The first-order chi connectivity index (χ1) is 10.1. The molecule has 0 aliphatic carbocycles.